The van der Waals surface area contributed by atoms with Crippen LogP contribution < -0.4 is 9.47 Å². The molecule has 0 saturated heterocycles. The van der Waals surface area contributed by atoms with Crippen LogP contribution in [0, 0.1) is 6.92 Å². The number of aromatic nitrogens is 5. The van der Waals surface area contributed by atoms with Gasteiger partial charge in [0.15, 0.2) is 16.8 Å². The number of aryl methyl sites for hydroxylation is 1. The van der Waals surface area contributed by atoms with Crippen LogP contribution in [0.15, 0.2) is 88.5 Å². The normalized spacial score (nSPS) is 10.9. The molecule has 3 aromatic carbocycles. The molecule has 0 unspecified atom stereocenters. The molecule has 0 aliphatic rings. The van der Waals surface area contributed by atoms with Crippen molar-refractivity contribution in [1.82, 2.24) is 24.9 Å². The van der Waals surface area contributed by atoms with Crippen molar-refractivity contribution in [3.8, 4) is 28.6 Å². The van der Waals surface area contributed by atoms with E-state index in [0.717, 1.165) is 22.7 Å². The molecular formula is C26H23N5O3S. The molecule has 0 amide bonds. The molecule has 0 aliphatic heterocycles. The molecule has 0 fully saturated rings. The topological polar surface area (TPSA) is 88.1 Å². The molecule has 0 N–H and O–H groups in total. The van der Waals surface area contributed by atoms with Crippen LogP contribution in [-0.4, -0.2) is 32.0 Å². The highest BCUT2D eigenvalue weighted by Crippen LogP contribution is 2.27. The largest absolute Gasteiger partial charge is 0.497 e. The Morgan fingerprint density at radius 3 is 2.37 bits per heavy atom. The Balaban J connectivity index is 1.33. The highest BCUT2D eigenvalue weighted by molar-refractivity contribution is 7.98. The summed E-state index contributed by atoms with van der Waals surface area (Å²) in [6.07, 6.45) is 0. The quantitative estimate of drug-likeness (QED) is 0.253. The lowest BCUT2D eigenvalue weighted by atomic mass is 10.1. The number of ether oxygens (including phenoxy) is 2. The van der Waals surface area contributed by atoms with Gasteiger partial charge in [-0.15, -0.1) is 10.2 Å². The zero-order valence-corrected chi connectivity index (χ0v) is 20.1. The van der Waals surface area contributed by atoms with Gasteiger partial charge in [0.05, 0.1) is 12.9 Å². The van der Waals surface area contributed by atoms with Crippen molar-refractivity contribution >= 4 is 11.8 Å². The van der Waals surface area contributed by atoms with E-state index in [-0.39, 0.29) is 6.61 Å². The molecule has 9 heteroatoms. The van der Waals surface area contributed by atoms with Crippen molar-refractivity contribution in [2.45, 2.75) is 24.4 Å². The monoisotopic (exact) mass is 485 g/mol. The molecule has 0 atom stereocenters. The minimum Gasteiger partial charge on any atom is -0.497 e. The standard InChI is InChI=1S/C26H23N5O3S/c1-18-8-10-19(11-9-18)25-27-23(30-34-25)17-35-26-29-28-24(31(26)20-6-4-3-5-7-20)16-33-22-14-12-21(32-2)13-15-22/h3-15H,16-17H2,1-2H3. The van der Waals surface area contributed by atoms with E-state index in [9.17, 15) is 0 Å². The maximum Gasteiger partial charge on any atom is 0.257 e. The molecule has 0 aliphatic carbocycles. The lowest BCUT2D eigenvalue weighted by Gasteiger charge is -2.11. The highest BCUT2D eigenvalue weighted by Gasteiger charge is 2.17. The van der Waals surface area contributed by atoms with Crippen molar-refractivity contribution in [1.29, 1.82) is 0 Å². The van der Waals surface area contributed by atoms with Gasteiger partial charge in [-0.25, -0.2) is 0 Å². The molecule has 0 radical (unpaired) electrons. The van der Waals surface area contributed by atoms with E-state index in [1.165, 1.54) is 17.3 Å². The molecule has 5 rings (SSSR count). The first-order valence-corrected chi connectivity index (χ1v) is 12.0. The minimum absolute atomic E-state index is 0.258. The van der Waals surface area contributed by atoms with E-state index in [0.29, 0.717) is 28.4 Å². The summed E-state index contributed by atoms with van der Waals surface area (Å²) in [6, 6.07) is 25.4. The smallest absolute Gasteiger partial charge is 0.257 e. The number of thioether (sulfide) groups is 1. The second-order valence-electron chi connectivity index (χ2n) is 7.70. The third kappa shape index (κ3) is 5.36. The second-order valence-corrected chi connectivity index (χ2v) is 8.65. The van der Waals surface area contributed by atoms with Gasteiger partial charge in [-0.2, -0.15) is 4.98 Å². The summed E-state index contributed by atoms with van der Waals surface area (Å²) in [5.74, 6) is 3.75. The molecule has 0 spiro atoms. The Hall–Kier alpha value is -4.11. The van der Waals surface area contributed by atoms with Gasteiger partial charge in [-0.1, -0.05) is 52.8 Å². The van der Waals surface area contributed by atoms with E-state index < -0.39 is 0 Å². The van der Waals surface area contributed by atoms with Crippen molar-refractivity contribution < 1.29 is 14.0 Å². The minimum atomic E-state index is 0.258. The zero-order valence-electron chi connectivity index (χ0n) is 19.3. The van der Waals surface area contributed by atoms with E-state index in [2.05, 4.69) is 20.3 Å². The summed E-state index contributed by atoms with van der Waals surface area (Å²) in [5.41, 5.74) is 3.02. The van der Waals surface area contributed by atoms with Gasteiger partial charge in [0.25, 0.3) is 5.89 Å². The van der Waals surface area contributed by atoms with Gasteiger partial charge >= 0.3 is 0 Å². The van der Waals surface area contributed by atoms with Crippen molar-refractivity contribution in [3.63, 3.8) is 0 Å². The Morgan fingerprint density at radius 2 is 1.63 bits per heavy atom. The summed E-state index contributed by atoms with van der Waals surface area (Å²) in [5, 5.41) is 13.6. The maximum atomic E-state index is 5.96. The Kier molecular flexibility index (Phi) is 6.76. The number of methoxy groups -OCH3 is 1. The van der Waals surface area contributed by atoms with Crippen LogP contribution in [-0.2, 0) is 12.4 Å². The van der Waals surface area contributed by atoms with Gasteiger partial charge in [0.2, 0.25) is 0 Å². The van der Waals surface area contributed by atoms with E-state index >= 15 is 0 Å². The first kappa shape index (κ1) is 22.7. The fraction of sp³-hybridized carbons (Fsp3) is 0.154. The third-order valence-corrected chi connectivity index (χ3v) is 6.16. The molecule has 2 heterocycles. The molecule has 176 valence electrons. The number of hydrogen-bond acceptors (Lipinski definition) is 8. The van der Waals surface area contributed by atoms with Crippen LogP contribution in [0.4, 0.5) is 0 Å². The van der Waals surface area contributed by atoms with Crippen molar-refractivity contribution in [3.05, 3.63) is 96.1 Å². The summed E-state index contributed by atoms with van der Waals surface area (Å²) in [4.78, 5) is 4.53. The first-order valence-electron chi connectivity index (χ1n) is 11.0. The van der Waals surface area contributed by atoms with Crippen LogP contribution in [0.3, 0.4) is 0 Å². The molecule has 35 heavy (non-hydrogen) atoms. The van der Waals surface area contributed by atoms with Crippen molar-refractivity contribution in [2.75, 3.05) is 7.11 Å². The van der Waals surface area contributed by atoms with Crippen LogP contribution in [0.5, 0.6) is 11.5 Å². The Labute approximate surface area is 206 Å². The molecule has 0 bridgehead atoms. The second kappa shape index (κ2) is 10.4. The fourth-order valence-electron chi connectivity index (χ4n) is 3.40. The lowest BCUT2D eigenvalue weighted by molar-refractivity contribution is 0.292. The average Bonchev–Trinajstić information content (AvgIpc) is 3.54. The highest BCUT2D eigenvalue weighted by atomic mass is 32.2. The van der Waals surface area contributed by atoms with Crippen LogP contribution >= 0.6 is 11.8 Å². The lowest BCUT2D eigenvalue weighted by Crippen LogP contribution is -2.06. The maximum absolute atomic E-state index is 5.96. The first-order chi connectivity index (χ1) is 17.2. The van der Waals surface area contributed by atoms with E-state index in [1.54, 1.807) is 7.11 Å². The number of nitrogens with zero attached hydrogens (tertiary/aromatic N) is 5. The van der Waals surface area contributed by atoms with Gasteiger partial charge in [-0.3, -0.25) is 4.57 Å². The fourth-order valence-corrected chi connectivity index (χ4v) is 4.21. The average molecular weight is 486 g/mol. The Bertz CT molecular complexity index is 1380. The SMILES string of the molecule is COc1ccc(OCc2nnc(SCc3noc(-c4ccc(C)cc4)n3)n2-c2ccccc2)cc1. The molecule has 2 aromatic heterocycles. The number of benzene rings is 3. The summed E-state index contributed by atoms with van der Waals surface area (Å²) >= 11 is 1.49. The van der Waals surface area contributed by atoms with Gasteiger partial charge in [0, 0.05) is 11.3 Å². The van der Waals surface area contributed by atoms with E-state index in [4.69, 9.17) is 14.0 Å². The van der Waals surface area contributed by atoms with Gasteiger partial charge < -0.3 is 14.0 Å². The predicted molar refractivity (Wildman–Crippen MR) is 133 cm³/mol. The zero-order chi connectivity index (χ0) is 24.0. The number of hydrogen-bond donors (Lipinski definition) is 0. The number of para-hydroxylation sites is 1. The van der Waals surface area contributed by atoms with Gasteiger partial charge in [0.1, 0.15) is 18.1 Å². The van der Waals surface area contributed by atoms with Crippen LogP contribution in [0.2, 0.25) is 0 Å². The van der Waals surface area contributed by atoms with Crippen LogP contribution in [0.25, 0.3) is 17.1 Å². The molecule has 5 aromatic rings. The van der Waals surface area contributed by atoms with E-state index in [1.807, 2.05) is 90.4 Å². The summed E-state index contributed by atoms with van der Waals surface area (Å²) in [6.45, 7) is 2.30. The Morgan fingerprint density at radius 1 is 0.886 bits per heavy atom. The molecule has 8 nitrogen and oxygen atoms in total. The summed E-state index contributed by atoms with van der Waals surface area (Å²) < 4.78 is 18.6. The number of rotatable bonds is 9. The summed E-state index contributed by atoms with van der Waals surface area (Å²) in [7, 11) is 1.63. The molecular weight excluding hydrogens is 462 g/mol. The third-order valence-electron chi connectivity index (χ3n) is 5.24. The molecule has 0 saturated carbocycles. The predicted octanol–water partition coefficient (Wildman–Crippen LogP) is 5.51. The van der Waals surface area contributed by atoms with Gasteiger partial charge in [-0.05, 0) is 55.5 Å². The van der Waals surface area contributed by atoms with Crippen LogP contribution in [0.1, 0.15) is 17.2 Å². The van der Waals surface area contributed by atoms with Crippen molar-refractivity contribution in [2.24, 2.45) is 0 Å².